The summed E-state index contributed by atoms with van der Waals surface area (Å²) in [5, 5.41) is 0. The second kappa shape index (κ2) is 4.62. The number of imidazole rings is 1. The van der Waals surface area contributed by atoms with Crippen molar-refractivity contribution in [2.75, 3.05) is 5.73 Å². The first-order valence-corrected chi connectivity index (χ1v) is 6.45. The smallest absolute Gasteiger partial charge is 0.201 e. The van der Waals surface area contributed by atoms with E-state index in [9.17, 15) is 4.39 Å². The number of pyridine rings is 1. The summed E-state index contributed by atoms with van der Waals surface area (Å²) in [6, 6.07) is 8.67. The van der Waals surface area contributed by atoms with Gasteiger partial charge in [0, 0.05) is 12.3 Å². The summed E-state index contributed by atoms with van der Waals surface area (Å²) in [5.41, 5.74) is 8.04. The summed E-state index contributed by atoms with van der Waals surface area (Å²) < 4.78 is 15.8. The fourth-order valence-corrected chi connectivity index (χ4v) is 2.29. The molecule has 96 valence electrons. The van der Waals surface area contributed by atoms with E-state index in [-0.39, 0.29) is 5.82 Å². The third kappa shape index (κ3) is 2.19. The number of hydrogen-bond acceptors (Lipinski definition) is 3. The predicted molar refractivity (Wildman–Crippen MR) is 75.1 cm³/mol. The number of nitrogen functional groups attached to an aromatic ring is 1. The molecule has 0 fully saturated rings. The molecule has 0 amide bonds. The summed E-state index contributed by atoms with van der Waals surface area (Å²) >= 11 is 3.14. The van der Waals surface area contributed by atoms with Gasteiger partial charge in [-0.15, -0.1) is 0 Å². The first-order valence-electron chi connectivity index (χ1n) is 5.66. The van der Waals surface area contributed by atoms with Gasteiger partial charge in [0.15, 0.2) is 0 Å². The van der Waals surface area contributed by atoms with E-state index in [1.54, 1.807) is 16.8 Å². The molecule has 4 nitrogen and oxygen atoms in total. The van der Waals surface area contributed by atoms with Crippen molar-refractivity contribution in [3.63, 3.8) is 0 Å². The van der Waals surface area contributed by atoms with Crippen molar-refractivity contribution in [2.24, 2.45) is 0 Å². The number of rotatable bonds is 2. The summed E-state index contributed by atoms with van der Waals surface area (Å²) in [4.78, 5) is 8.46. The molecule has 19 heavy (non-hydrogen) atoms. The Hall–Kier alpha value is -1.95. The summed E-state index contributed by atoms with van der Waals surface area (Å²) in [5.74, 6) is 0.00724. The van der Waals surface area contributed by atoms with Gasteiger partial charge in [-0.05, 0) is 34.1 Å². The van der Waals surface area contributed by atoms with Gasteiger partial charge in [-0.2, -0.15) is 0 Å². The van der Waals surface area contributed by atoms with E-state index in [1.165, 1.54) is 6.07 Å². The van der Waals surface area contributed by atoms with E-state index >= 15 is 0 Å². The van der Waals surface area contributed by atoms with Crippen LogP contribution in [0.3, 0.4) is 0 Å². The van der Waals surface area contributed by atoms with Crippen LogP contribution in [0, 0.1) is 5.82 Å². The van der Waals surface area contributed by atoms with Gasteiger partial charge >= 0.3 is 0 Å². The van der Waals surface area contributed by atoms with Gasteiger partial charge in [-0.25, -0.2) is 9.37 Å². The SMILES string of the molecule is Nc1nc2cc(Br)c(F)cc2n1Cc1ccccn1. The first-order chi connectivity index (χ1) is 9.15. The largest absolute Gasteiger partial charge is 0.369 e. The van der Waals surface area contributed by atoms with Crippen LogP contribution in [-0.2, 0) is 6.54 Å². The highest BCUT2D eigenvalue weighted by molar-refractivity contribution is 9.10. The van der Waals surface area contributed by atoms with Crippen LogP contribution in [-0.4, -0.2) is 14.5 Å². The van der Waals surface area contributed by atoms with E-state index in [0.29, 0.717) is 28.0 Å². The number of anilines is 1. The van der Waals surface area contributed by atoms with Crippen molar-refractivity contribution in [3.8, 4) is 0 Å². The topological polar surface area (TPSA) is 56.7 Å². The van der Waals surface area contributed by atoms with Crippen LogP contribution >= 0.6 is 15.9 Å². The molecule has 0 unspecified atom stereocenters. The lowest BCUT2D eigenvalue weighted by Gasteiger charge is -2.06. The van der Waals surface area contributed by atoms with Crippen molar-refractivity contribution in [2.45, 2.75) is 6.54 Å². The molecule has 0 spiro atoms. The molecular weight excluding hydrogens is 311 g/mol. The fraction of sp³-hybridized carbons (Fsp3) is 0.0769. The lowest BCUT2D eigenvalue weighted by molar-refractivity contribution is 0.622. The number of benzene rings is 1. The van der Waals surface area contributed by atoms with Crippen molar-refractivity contribution < 1.29 is 4.39 Å². The fourth-order valence-electron chi connectivity index (χ4n) is 1.96. The Balaban J connectivity index is 2.13. The molecular formula is C13H10BrFN4. The van der Waals surface area contributed by atoms with Crippen LogP contribution in [0.4, 0.5) is 10.3 Å². The van der Waals surface area contributed by atoms with Crippen LogP contribution in [0.25, 0.3) is 11.0 Å². The molecule has 0 aliphatic carbocycles. The average Bonchev–Trinajstić information content (AvgIpc) is 2.68. The Morgan fingerprint density at radius 1 is 1.32 bits per heavy atom. The van der Waals surface area contributed by atoms with Crippen molar-refractivity contribution >= 4 is 32.9 Å². The van der Waals surface area contributed by atoms with Gasteiger partial charge in [-0.3, -0.25) is 4.98 Å². The van der Waals surface area contributed by atoms with Crippen molar-refractivity contribution in [3.05, 3.63) is 52.5 Å². The molecule has 2 heterocycles. The number of halogens is 2. The quantitative estimate of drug-likeness (QED) is 0.789. The van der Waals surface area contributed by atoms with Crippen LogP contribution in [0.1, 0.15) is 5.69 Å². The maximum Gasteiger partial charge on any atom is 0.201 e. The van der Waals surface area contributed by atoms with Crippen molar-refractivity contribution in [1.29, 1.82) is 0 Å². The minimum Gasteiger partial charge on any atom is -0.369 e. The number of nitrogens with two attached hydrogens (primary N) is 1. The molecule has 0 saturated carbocycles. The predicted octanol–water partition coefficient (Wildman–Crippen LogP) is 2.96. The molecule has 2 aromatic heterocycles. The highest BCUT2D eigenvalue weighted by Gasteiger charge is 2.12. The zero-order valence-electron chi connectivity index (χ0n) is 9.85. The Morgan fingerprint density at radius 3 is 2.89 bits per heavy atom. The minimum atomic E-state index is -0.338. The zero-order valence-corrected chi connectivity index (χ0v) is 11.4. The van der Waals surface area contributed by atoms with Crippen LogP contribution in [0.5, 0.6) is 0 Å². The first kappa shape index (κ1) is 12.1. The molecule has 3 rings (SSSR count). The molecule has 0 aliphatic heterocycles. The van der Waals surface area contributed by atoms with Crippen LogP contribution < -0.4 is 5.73 Å². The molecule has 1 aromatic carbocycles. The normalized spacial score (nSPS) is 11.1. The van der Waals surface area contributed by atoms with E-state index < -0.39 is 0 Å². The van der Waals surface area contributed by atoms with E-state index in [1.807, 2.05) is 18.2 Å². The van der Waals surface area contributed by atoms with E-state index in [0.717, 1.165) is 5.69 Å². The summed E-state index contributed by atoms with van der Waals surface area (Å²) in [7, 11) is 0. The molecule has 2 N–H and O–H groups in total. The highest BCUT2D eigenvalue weighted by Crippen LogP contribution is 2.25. The van der Waals surface area contributed by atoms with Gasteiger partial charge in [-0.1, -0.05) is 6.07 Å². The monoisotopic (exact) mass is 320 g/mol. The Kier molecular flexibility index (Phi) is 2.94. The molecule has 0 radical (unpaired) electrons. The standard InChI is InChI=1S/C13H10BrFN4/c14-9-5-11-12(6-10(9)15)19(13(16)18-11)7-8-3-1-2-4-17-8/h1-6H,7H2,(H2,16,18). The second-order valence-corrected chi connectivity index (χ2v) is 4.99. The van der Waals surface area contributed by atoms with Gasteiger partial charge in [0.2, 0.25) is 5.95 Å². The highest BCUT2D eigenvalue weighted by atomic mass is 79.9. The maximum atomic E-state index is 13.6. The summed E-state index contributed by atoms with van der Waals surface area (Å²) in [6.07, 6.45) is 1.71. The van der Waals surface area contributed by atoms with Crippen LogP contribution in [0.15, 0.2) is 41.0 Å². The minimum absolute atomic E-state index is 0.338. The summed E-state index contributed by atoms with van der Waals surface area (Å²) in [6.45, 7) is 0.463. The Morgan fingerprint density at radius 2 is 2.16 bits per heavy atom. The molecule has 0 atom stereocenters. The lowest BCUT2D eigenvalue weighted by Crippen LogP contribution is -2.05. The Labute approximate surface area is 117 Å². The third-order valence-corrected chi connectivity index (χ3v) is 3.47. The number of fused-ring (bicyclic) bond motifs is 1. The average molecular weight is 321 g/mol. The molecule has 3 aromatic rings. The molecule has 6 heteroatoms. The second-order valence-electron chi connectivity index (χ2n) is 4.13. The number of nitrogens with zero attached hydrogens (tertiary/aromatic N) is 3. The molecule has 0 bridgehead atoms. The Bertz CT molecular complexity index is 739. The van der Waals surface area contributed by atoms with E-state index in [2.05, 4.69) is 25.9 Å². The maximum absolute atomic E-state index is 13.6. The number of aromatic nitrogens is 3. The molecule has 0 saturated heterocycles. The van der Waals surface area contributed by atoms with Gasteiger partial charge in [0.1, 0.15) is 5.82 Å². The molecule has 0 aliphatic rings. The lowest BCUT2D eigenvalue weighted by atomic mass is 10.3. The van der Waals surface area contributed by atoms with Gasteiger partial charge in [0.25, 0.3) is 0 Å². The van der Waals surface area contributed by atoms with Gasteiger partial charge < -0.3 is 10.3 Å². The zero-order chi connectivity index (χ0) is 13.4. The number of hydrogen-bond donors (Lipinski definition) is 1. The van der Waals surface area contributed by atoms with Gasteiger partial charge in [0.05, 0.1) is 27.7 Å². The van der Waals surface area contributed by atoms with E-state index in [4.69, 9.17) is 5.73 Å². The van der Waals surface area contributed by atoms with Crippen LogP contribution in [0.2, 0.25) is 0 Å². The van der Waals surface area contributed by atoms with Crippen molar-refractivity contribution in [1.82, 2.24) is 14.5 Å². The third-order valence-electron chi connectivity index (χ3n) is 2.87.